The lowest BCUT2D eigenvalue weighted by molar-refractivity contribution is -0.222. The third-order valence-electron chi connectivity index (χ3n) is 10.0. The molecule has 0 bridgehead atoms. The van der Waals surface area contributed by atoms with Gasteiger partial charge in [0.25, 0.3) is 5.91 Å². The number of hydrogen-bond donors (Lipinski definition) is 5. The molecule has 1 fully saturated rings. The number of aromatic hydroxyl groups is 2. The summed E-state index contributed by atoms with van der Waals surface area (Å²) in [4.78, 5) is 24.9. The fraction of sp³-hybridized carbons (Fsp3) is 0.622. The number of carboxylic acid groups (broad SMARTS) is 1. The van der Waals surface area contributed by atoms with E-state index in [0.29, 0.717) is 49.7 Å². The van der Waals surface area contributed by atoms with Crippen LogP contribution >= 0.6 is 0 Å². The van der Waals surface area contributed by atoms with E-state index >= 15 is 0 Å². The SMILES string of the molecule is CO[C@@H](C[C@H]1O[C@H]([C@@H](NC(=O)[C@@H](O)CCCC2=CC=CCC=C2)OC)C[C@@H](OC)C1(C)C)C(C)CCc1c(C)c(O)cc(O)c1C(=O)O. The molecular formula is C37H55NO10. The van der Waals surface area contributed by atoms with Crippen LogP contribution in [-0.2, 0) is 30.2 Å². The Bertz CT molecular complexity index is 1340. The molecule has 1 saturated heterocycles. The number of phenols is 2. The van der Waals surface area contributed by atoms with Crippen LogP contribution in [0.3, 0.4) is 0 Å². The largest absolute Gasteiger partial charge is 0.508 e. The highest BCUT2D eigenvalue weighted by atomic mass is 16.6. The van der Waals surface area contributed by atoms with Gasteiger partial charge in [-0.15, -0.1) is 0 Å². The van der Waals surface area contributed by atoms with Crippen LogP contribution in [0.25, 0.3) is 0 Å². The number of carbonyl (C=O) groups excluding carboxylic acids is 1. The summed E-state index contributed by atoms with van der Waals surface area (Å²) in [6, 6.07) is 1.05. The number of allylic oxidation sites excluding steroid dienone is 6. The first-order chi connectivity index (χ1) is 22.7. The highest BCUT2D eigenvalue weighted by Crippen LogP contribution is 2.42. The molecule has 11 nitrogen and oxygen atoms in total. The molecular weight excluding hydrogens is 618 g/mol. The van der Waals surface area contributed by atoms with Gasteiger partial charge in [-0.2, -0.15) is 0 Å². The lowest BCUT2D eigenvalue weighted by Crippen LogP contribution is -2.59. The van der Waals surface area contributed by atoms with Crippen molar-refractivity contribution in [1.82, 2.24) is 5.32 Å². The van der Waals surface area contributed by atoms with Gasteiger partial charge >= 0.3 is 5.97 Å². The monoisotopic (exact) mass is 673 g/mol. The number of methoxy groups -OCH3 is 3. The van der Waals surface area contributed by atoms with Gasteiger partial charge in [-0.05, 0) is 68.1 Å². The van der Waals surface area contributed by atoms with E-state index in [0.717, 1.165) is 24.5 Å². The van der Waals surface area contributed by atoms with Crippen LogP contribution in [0.4, 0.5) is 0 Å². The van der Waals surface area contributed by atoms with E-state index in [1.54, 1.807) is 21.1 Å². The second kappa shape index (κ2) is 18.0. The highest BCUT2D eigenvalue weighted by molar-refractivity contribution is 5.93. The Hall–Kier alpha value is -3.22. The normalized spacial score (nSPS) is 23.1. The zero-order chi connectivity index (χ0) is 35.6. The lowest BCUT2D eigenvalue weighted by atomic mass is 9.73. The Morgan fingerprint density at radius 2 is 1.81 bits per heavy atom. The molecule has 11 heteroatoms. The van der Waals surface area contributed by atoms with E-state index in [-0.39, 0.29) is 35.5 Å². The number of nitrogens with one attached hydrogen (secondary N) is 1. The number of ether oxygens (including phenoxy) is 4. The van der Waals surface area contributed by atoms with E-state index in [2.05, 4.69) is 37.4 Å². The number of amides is 1. The Morgan fingerprint density at radius 1 is 1.08 bits per heavy atom. The molecule has 1 amide bonds. The van der Waals surface area contributed by atoms with Crippen molar-refractivity contribution in [3.63, 3.8) is 0 Å². The van der Waals surface area contributed by atoms with Crippen LogP contribution < -0.4 is 5.32 Å². The van der Waals surface area contributed by atoms with Gasteiger partial charge < -0.3 is 44.7 Å². The second-order valence-electron chi connectivity index (χ2n) is 13.5. The summed E-state index contributed by atoms with van der Waals surface area (Å²) in [5, 5.41) is 43.7. The first-order valence-corrected chi connectivity index (χ1v) is 16.8. The number of aliphatic hydroxyl groups is 1. The number of aromatic carboxylic acids is 1. The van der Waals surface area contributed by atoms with Crippen LogP contribution in [0, 0.1) is 18.3 Å². The average Bonchev–Trinajstić information content (AvgIpc) is 3.32. The van der Waals surface area contributed by atoms with E-state index in [4.69, 9.17) is 18.9 Å². The Balaban J connectivity index is 1.67. The number of phenolic OH excluding ortho intramolecular Hbond substituents is 1. The van der Waals surface area contributed by atoms with Crippen molar-refractivity contribution >= 4 is 11.9 Å². The molecule has 5 N–H and O–H groups in total. The molecule has 7 atom stereocenters. The van der Waals surface area contributed by atoms with Gasteiger partial charge in [-0.3, -0.25) is 4.79 Å². The van der Waals surface area contributed by atoms with E-state index in [1.165, 1.54) is 7.11 Å². The molecule has 1 unspecified atom stereocenters. The van der Waals surface area contributed by atoms with Crippen LogP contribution in [0.2, 0.25) is 0 Å². The summed E-state index contributed by atoms with van der Waals surface area (Å²) >= 11 is 0. The molecule has 3 rings (SSSR count). The van der Waals surface area contributed by atoms with Crippen molar-refractivity contribution in [2.24, 2.45) is 11.3 Å². The van der Waals surface area contributed by atoms with Crippen molar-refractivity contribution in [2.45, 2.75) is 116 Å². The van der Waals surface area contributed by atoms with Crippen molar-refractivity contribution in [3.05, 3.63) is 58.7 Å². The number of carboxylic acids is 1. The number of aliphatic hydroxyl groups excluding tert-OH is 1. The van der Waals surface area contributed by atoms with Crippen molar-refractivity contribution in [3.8, 4) is 11.5 Å². The summed E-state index contributed by atoms with van der Waals surface area (Å²) in [5.74, 6) is -2.48. The van der Waals surface area contributed by atoms with Crippen molar-refractivity contribution in [2.75, 3.05) is 21.3 Å². The van der Waals surface area contributed by atoms with E-state index in [1.807, 2.05) is 19.1 Å². The fourth-order valence-corrected chi connectivity index (χ4v) is 6.77. The first kappa shape index (κ1) is 39.2. The minimum Gasteiger partial charge on any atom is -0.508 e. The summed E-state index contributed by atoms with van der Waals surface area (Å²) in [7, 11) is 4.76. The maximum Gasteiger partial charge on any atom is 0.339 e. The zero-order valence-corrected chi connectivity index (χ0v) is 29.4. The number of hydrogen-bond acceptors (Lipinski definition) is 9. The predicted octanol–water partition coefficient (Wildman–Crippen LogP) is 5.34. The fourth-order valence-electron chi connectivity index (χ4n) is 6.77. The highest BCUT2D eigenvalue weighted by Gasteiger charge is 2.48. The average molecular weight is 674 g/mol. The quantitative estimate of drug-likeness (QED) is 0.136. The molecule has 1 aromatic carbocycles. The summed E-state index contributed by atoms with van der Waals surface area (Å²) in [6.07, 6.45) is 11.2. The molecule has 1 aliphatic carbocycles. The maximum absolute atomic E-state index is 13.0. The van der Waals surface area contributed by atoms with Crippen molar-refractivity contribution < 1.29 is 49.0 Å². The molecule has 268 valence electrons. The summed E-state index contributed by atoms with van der Waals surface area (Å²) in [5.41, 5.74) is 1.30. The molecule has 0 saturated carbocycles. The van der Waals surface area contributed by atoms with E-state index < -0.39 is 41.5 Å². The van der Waals surface area contributed by atoms with Gasteiger partial charge in [-0.1, -0.05) is 51.2 Å². The van der Waals surface area contributed by atoms with Crippen LogP contribution in [0.5, 0.6) is 11.5 Å². The zero-order valence-electron chi connectivity index (χ0n) is 29.4. The first-order valence-electron chi connectivity index (χ1n) is 16.8. The molecule has 2 aliphatic rings. The standard InChI is InChI=1S/C37H55NO10/c1-22(17-18-25-23(2)27(40)19-28(41)33(25)36(43)44)29(45-5)20-32-37(3,4)31(46-6)21-30(48-32)35(47-7)38-34(42)26(39)16-12-15-24-13-10-8-9-11-14-24/h8,10-11,13-14,19,22,26,29-32,35,39-41H,9,12,15-18,20-21H2,1-7H3,(H,38,42)(H,43,44)/t22?,26-,29-,30-,31+,32+,35-/m0/s1. The van der Waals surface area contributed by atoms with Crippen LogP contribution in [0.1, 0.15) is 87.2 Å². The third kappa shape index (κ3) is 9.92. The van der Waals surface area contributed by atoms with Gasteiger partial charge in [0.1, 0.15) is 29.3 Å². The summed E-state index contributed by atoms with van der Waals surface area (Å²) in [6.45, 7) is 7.77. The molecule has 1 aromatic rings. The summed E-state index contributed by atoms with van der Waals surface area (Å²) < 4.78 is 24.2. The predicted molar refractivity (Wildman–Crippen MR) is 182 cm³/mol. The number of carbonyl (C=O) groups is 2. The van der Waals surface area contributed by atoms with Crippen molar-refractivity contribution in [1.29, 1.82) is 0 Å². The molecule has 0 radical (unpaired) electrons. The lowest BCUT2D eigenvalue weighted by Gasteiger charge is -2.49. The van der Waals surface area contributed by atoms with Gasteiger partial charge in [-0.25, -0.2) is 4.79 Å². The van der Waals surface area contributed by atoms with Gasteiger partial charge in [0, 0.05) is 45.7 Å². The molecule has 1 aliphatic heterocycles. The van der Waals surface area contributed by atoms with Crippen LogP contribution in [0.15, 0.2) is 42.0 Å². The minimum absolute atomic E-state index is 0.0605. The molecule has 0 aromatic heterocycles. The third-order valence-corrected chi connectivity index (χ3v) is 10.0. The maximum atomic E-state index is 13.0. The molecule has 0 spiro atoms. The number of rotatable bonds is 17. The van der Waals surface area contributed by atoms with Gasteiger partial charge in [0.05, 0.1) is 18.3 Å². The van der Waals surface area contributed by atoms with E-state index in [9.17, 15) is 30.0 Å². The number of benzene rings is 1. The molecule has 48 heavy (non-hydrogen) atoms. The molecule has 1 heterocycles. The second-order valence-corrected chi connectivity index (χ2v) is 13.5. The minimum atomic E-state index is -1.26. The smallest absolute Gasteiger partial charge is 0.339 e. The van der Waals surface area contributed by atoms with Gasteiger partial charge in [0.2, 0.25) is 0 Å². The Labute approximate surface area is 284 Å². The Morgan fingerprint density at radius 3 is 2.46 bits per heavy atom. The topological polar surface area (TPSA) is 164 Å². The Kier molecular flexibility index (Phi) is 14.7. The van der Waals surface area contributed by atoms with Gasteiger partial charge in [0.15, 0.2) is 6.23 Å². The van der Waals surface area contributed by atoms with Crippen LogP contribution in [-0.4, -0.2) is 90.4 Å².